The van der Waals surface area contributed by atoms with Gasteiger partial charge in [-0.3, -0.25) is 9.59 Å². The molecule has 2 aromatic carbocycles. The van der Waals surface area contributed by atoms with Crippen LogP contribution in [-0.2, 0) is 4.79 Å². The van der Waals surface area contributed by atoms with Gasteiger partial charge in [-0.25, -0.2) is 0 Å². The maximum Gasteiger partial charge on any atom is 0.239 e. The minimum Gasteiger partial charge on any atom is -0.323 e. The van der Waals surface area contributed by atoms with E-state index < -0.39 is 5.91 Å². The van der Waals surface area contributed by atoms with E-state index in [1.165, 1.54) is 0 Å². The lowest BCUT2D eigenvalue weighted by molar-refractivity contribution is -0.113. The van der Waals surface area contributed by atoms with Gasteiger partial charge < -0.3 is 5.32 Å². The molecule has 0 fully saturated rings. The molecule has 0 radical (unpaired) electrons. The van der Waals surface area contributed by atoms with Gasteiger partial charge in [0.25, 0.3) is 0 Å². The molecule has 2 rings (SSSR count). The van der Waals surface area contributed by atoms with Crippen LogP contribution in [0.2, 0.25) is 5.02 Å². The fourth-order valence-electron chi connectivity index (χ4n) is 1.76. The van der Waals surface area contributed by atoms with Crippen LogP contribution < -0.4 is 5.32 Å². The lowest BCUT2D eigenvalue weighted by Crippen LogP contribution is -2.16. The first kappa shape index (κ1) is 14.6. The predicted molar refractivity (Wildman–Crippen MR) is 80.7 cm³/mol. The summed E-state index contributed by atoms with van der Waals surface area (Å²) in [4.78, 5) is 23.9. The summed E-state index contributed by atoms with van der Waals surface area (Å²) in [7, 11) is 0. The van der Waals surface area contributed by atoms with E-state index in [9.17, 15) is 9.59 Å². The molecule has 0 unspecified atom stereocenters. The predicted octanol–water partition coefficient (Wildman–Crippen LogP) is 3.75. The number of nitrogens with one attached hydrogen (secondary N) is 1. The van der Waals surface area contributed by atoms with Crippen molar-refractivity contribution in [2.24, 2.45) is 0 Å². The summed E-state index contributed by atoms with van der Waals surface area (Å²) in [5.74, 6) is -0.829. The number of amides is 1. The molecule has 0 saturated carbocycles. The monoisotopic (exact) mass is 307 g/mol. The van der Waals surface area contributed by atoms with Crippen LogP contribution in [0.4, 0.5) is 5.69 Å². The maximum atomic E-state index is 12.4. The molecule has 1 amide bonds. The molecule has 0 spiro atoms. The lowest BCUT2D eigenvalue weighted by Gasteiger charge is -2.11. The van der Waals surface area contributed by atoms with Crippen LogP contribution in [0.3, 0.4) is 0 Å². The van der Waals surface area contributed by atoms with Gasteiger partial charge in [0.2, 0.25) is 5.91 Å². The number of alkyl halides is 1. The first-order chi connectivity index (χ1) is 9.63. The second-order valence-electron chi connectivity index (χ2n) is 4.04. The van der Waals surface area contributed by atoms with E-state index in [1.54, 1.807) is 42.5 Å². The Morgan fingerprint density at radius 2 is 1.70 bits per heavy atom. The average molecular weight is 308 g/mol. The number of para-hydroxylation sites is 1. The normalized spacial score (nSPS) is 10.1. The number of anilines is 1. The van der Waals surface area contributed by atoms with Crippen molar-refractivity contribution in [1.29, 1.82) is 0 Å². The van der Waals surface area contributed by atoms with Crippen LogP contribution in [-0.4, -0.2) is 17.6 Å². The third-order valence-corrected chi connectivity index (χ3v) is 3.24. The first-order valence-electron chi connectivity index (χ1n) is 5.87. The second kappa shape index (κ2) is 6.55. The van der Waals surface area contributed by atoms with Crippen LogP contribution >= 0.6 is 23.2 Å². The molecule has 102 valence electrons. The van der Waals surface area contributed by atoms with Crippen LogP contribution in [0.15, 0.2) is 48.5 Å². The summed E-state index contributed by atoms with van der Waals surface area (Å²) >= 11 is 11.5. The van der Waals surface area contributed by atoms with Crippen molar-refractivity contribution in [3.05, 3.63) is 64.7 Å². The maximum absolute atomic E-state index is 12.4. The van der Waals surface area contributed by atoms with E-state index >= 15 is 0 Å². The van der Waals surface area contributed by atoms with Gasteiger partial charge in [0, 0.05) is 11.1 Å². The molecule has 0 aliphatic heterocycles. The Labute approximate surface area is 126 Å². The molecule has 0 aromatic heterocycles. The number of hydrogen-bond donors (Lipinski definition) is 1. The number of benzene rings is 2. The van der Waals surface area contributed by atoms with E-state index in [1.807, 2.05) is 6.07 Å². The average Bonchev–Trinajstić information content (AvgIpc) is 2.49. The zero-order valence-electron chi connectivity index (χ0n) is 10.4. The Morgan fingerprint density at radius 3 is 2.35 bits per heavy atom. The highest BCUT2D eigenvalue weighted by molar-refractivity contribution is 6.36. The quantitative estimate of drug-likeness (QED) is 0.690. The Hall–Kier alpha value is -1.84. The van der Waals surface area contributed by atoms with Crippen LogP contribution in [0.25, 0.3) is 0 Å². The van der Waals surface area contributed by atoms with Crippen LogP contribution in [0.5, 0.6) is 0 Å². The van der Waals surface area contributed by atoms with E-state index in [-0.39, 0.29) is 17.4 Å². The first-order valence-corrected chi connectivity index (χ1v) is 6.79. The SMILES string of the molecule is O=C(CCl)Nc1c(Cl)cccc1C(=O)c1ccccc1. The summed E-state index contributed by atoms with van der Waals surface area (Å²) < 4.78 is 0. The van der Waals surface area contributed by atoms with E-state index in [2.05, 4.69) is 5.32 Å². The third-order valence-electron chi connectivity index (χ3n) is 2.68. The van der Waals surface area contributed by atoms with Gasteiger partial charge in [-0.2, -0.15) is 0 Å². The molecule has 0 aliphatic carbocycles. The third kappa shape index (κ3) is 3.18. The standard InChI is InChI=1S/C15H11Cl2NO2/c16-9-13(19)18-14-11(7-4-8-12(14)17)15(20)10-5-2-1-3-6-10/h1-8H,9H2,(H,18,19). The largest absolute Gasteiger partial charge is 0.323 e. The number of rotatable bonds is 4. The number of carbonyl (C=O) groups is 2. The Morgan fingerprint density at radius 1 is 1.00 bits per heavy atom. The van der Waals surface area contributed by atoms with E-state index in [0.29, 0.717) is 16.1 Å². The molecule has 0 saturated heterocycles. The summed E-state index contributed by atoms with van der Waals surface area (Å²) in [5, 5.41) is 2.85. The molecule has 5 heteroatoms. The van der Waals surface area contributed by atoms with Gasteiger partial charge in [0.15, 0.2) is 5.78 Å². The Balaban J connectivity index is 2.44. The van der Waals surface area contributed by atoms with Crippen molar-refractivity contribution >= 4 is 40.6 Å². The van der Waals surface area contributed by atoms with Crippen molar-refractivity contribution < 1.29 is 9.59 Å². The molecule has 2 aromatic rings. The Bertz CT molecular complexity index is 642. The van der Waals surface area contributed by atoms with Gasteiger partial charge in [0.05, 0.1) is 10.7 Å². The summed E-state index contributed by atoms with van der Waals surface area (Å²) in [5.41, 5.74) is 1.15. The van der Waals surface area contributed by atoms with E-state index in [4.69, 9.17) is 23.2 Å². The van der Waals surface area contributed by atoms with Crippen molar-refractivity contribution in [3.63, 3.8) is 0 Å². The minimum absolute atomic E-state index is 0.204. The molecule has 1 N–H and O–H groups in total. The summed E-state index contributed by atoms with van der Waals surface area (Å²) in [6, 6.07) is 13.7. The zero-order valence-corrected chi connectivity index (χ0v) is 11.9. The smallest absolute Gasteiger partial charge is 0.239 e. The van der Waals surface area contributed by atoms with Gasteiger partial charge in [-0.1, -0.05) is 48.0 Å². The van der Waals surface area contributed by atoms with Gasteiger partial charge in [-0.05, 0) is 12.1 Å². The molecule has 0 bridgehead atoms. The Kier molecular flexibility index (Phi) is 4.77. The molecular formula is C15H11Cl2NO2. The highest BCUT2D eigenvalue weighted by Gasteiger charge is 2.17. The minimum atomic E-state index is -0.415. The number of halogens is 2. The van der Waals surface area contributed by atoms with Crippen LogP contribution in [0.1, 0.15) is 15.9 Å². The van der Waals surface area contributed by atoms with Crippen molar-refractivity contribution in [3.8, 4) is 0 Å². The molecule has 0 heterocycles. The van der Waals surface area contributed by atoms with Gasteiger partial charge in [0.1, 0.15) is 5.88 Å². The second-order valence-corrected chi connectivity index (χ2v) is 4.71. The summed E-state index contributed by atoms with van der Waals surface area (Å²) in [6.45, 7) is 0. The number of ketones is 1. The van der Waals surface area contributed by atoms with Gasteiger partial charge in [-0.15, -0.1) is 11.6 Å². The van der Waals surface area contributed by atoms with Gasteiger partial charge >= 0.3 is 0 Å². The topological polar surface area (TPSA) is 46.2 Å². The van der Waals surface area contributed by atoms with E-state index in [0.717, 1.165) is 0 Å². The van der Waals surface area contributed by atoms with Crippen molar-refractivity contribution in [1.82, 2.24) is 0 Å². The molecule has 20 heavy (non-hydrogen) atoms. The highest BCUT2D eigenvalue weighted by Crippen LogP contribution is 2.28. The number of hydrogen-bond acceptors (Lipinski definition) is 2. The molecule has 0 atom stereocenters. The van der Waals surface area contributed by atoms with Crippen molar-refractivity contribution in [2.75, 3.05) is 11.2 Å². The zero-order chi connectivity index (χ0) is 14.5. The van der Waals surface area contributed by atoms with Crippen LogP contribution in [0, 0.1) is 0 Å². The summed E-state index contributed by atoms with van der Waals surface area (Å²) in [6.07, 6.45) is 0. The lowest BCUT2D eigenvalue weighted by atomic mass is 10.0. The molecule has 0 aliphatic rings. The molecular weight excluding hydrogens is 297 g/mol. The van der Waals surface area contributed by atoms with Crippen molar-refractivity contribution in [2.45, 2.75) is 0 Å². The fourth-order valence-corrected chi connectivity index (χ4v) is 2.05. The molecule has 3 nitrogen and oxygen atoms in total. The fraction of sp³-hybridized carbons (Fsp3) is 0.0667. The highest BCUT2D eigenvalue weighted by atomic mass is 35.5. The number of carbonyl (C=O) groups excluding carboxylic acids is 2.